The molecule has 0 aromatic heterocycles. The number of nitrogens with zero attached hydrogens (tertiary/aromatic N) is 1. The largest absolute Gasteiger partial charge is 0.370 e. The summed E-state index contributed by atoms with van der Waals surface area (Å²) in [5.41, 5.74) is 7.41. The van der Waals surface area contributed by atoms with Gasteiger partial charge in [0.1, 0.15) is 0 Å². The molecule has 0 heterocycles. The van der Waals surface area contributed by atoms with E-state index in [2.05, 4.69) is 16.9 Å². The van der Waals surface area contributed by atoms with Crippen molar-refractivity contribution in [1.29, 1.82) is 0 Å². The van der Waals surface area contributed by atoms with E-state index in [0.29, 0.717) is 11.4 Å². The highest BCUT2D eigenvalue weighted by Crippen LogP contribution is 2.61. The van der Waals surface area contributed by atoms with Crippen LogP contribution in [0.5, 0.6) is 0 Å². The first-order valence-corrected chi connectivity index (χ1v) is 5.81. The molecule has 15 heavy (non-hydrogen) atoms. The minimum absolute atomic E-state index is 0.551. The molecule has 0 radical (unpaired) electrons. The Morgan fingerprint density at radius 3 is 2.67 bits per heavy atom. The highest BCUT2D eigenvalue weighted by molar-refractivity contribution is 5.78. The fourth-order valence-corrected chi connectivity index (χ4v) is 2.09. The molecule has 0 saturated heterocycles. The zero-order chi connectivity index (χ0) is 10.9. The van der Waals surface area contributed by atoms with Crippen molar-refractivity contribution in [2.24, 2.45) is 22.1 Å². The first-order valence-electron chi connectivity index (χ1n) is 5.81. The molecule has 3 nitrogen and oxygen atoms in total. The molecule has 0 amide bonds. The highest BCUT2D eigenvalue weighted by atomic mass is 15.1. The molecule has 0 aromatic carbocycles. The van der Waals surface area contributed by atoms with Gasteiger partial charge in [-0.05, 0) is 43.9 Å². The molecule has 0 aliphatic heterocycles. The lowest BCUT2D eigenvalue weighted by molar-refractivity contribution is 0.453. The average molecular weight is 207 g/mol. The van der Waals surface area contributed by atoms with E-state index < -0.39 is 0 Å². The van der Waals surface area contributed by atoms with Crippen molar-refractivity contribution in [2.45, 2.75) is 32.6 Å². The Labute approximate surface area is 91.8 Å². The molecule has 2 aliphatic carbocycles. The average Bonchev–Trinajstić information content (AvgIpc) is 3.01. The first-order chi connectivity index (χ1) is 7.12. The minimum atomic E-state index is 0.551. The van der Waals surface area contributed by atoms with Gasteiger partial charge < -0.3 is 11.1 Å². The summed E-state index contributed by atoms with van der Waals surface area (Å²) in [6.07, 6.45) is 5.53. The second-order valence-electron chi connectivity index (χ2n) is 5.15. The van der Waals surface area contributed by atoms with Crippen LogP contribution in [0.3, 0.4) is 0 Å². The molecule has 0 aromatic rings. The summed E-state index contributed by atoms with van der Waals surface area (Å²) < 4.78 is 0. The number of hydrogen-bond acceptors (Lipinski definition) is 1. The van der Waals surface area contributed by atoms with Crippen molar-refractivity contribution in [3.05, 3.63) is 12.2 Å². The Bertz CT molecular complexity index is 285. The predicted molar refractivity (Wildman–Crippen MR) is 63.7 cm³/mol. The summed E-state index contributed by atoms with van der Waals surface area (Å²) in [6, 6.07) is 0. The van der Waals surface area contributed by atoms with E-state index in [4.69, 9.17) is 5.73 Å². The summed E-state index contributed by atoms with van der Waals surface area (Å²) in [5.74, 6) is 1.53. The number of hydrogen-bond donors (Lipinski definition) is 2. The van der Waals surface area contributed by atoms with Gasteiger partial charge in [-0.2, -0.15) is 0 Å². The zero-order valence-corrected chi connectivity index (χ0v) is 9.55. The molecule has 0 atom stereocenters. The van der Waals surface area contributed by atoms with Crippen LogP contribution >= 0.6 is 0 Å². The number of rotatable bonds is 5. The topological polar surface area (TPSA) is 50.4 Å². The standard InChI is InChI=1S/C12H21N3/c1-9(2)7-14-11(13)15-8-12(5-6-12)10-3-4-10/h10H,1,3-8H2,2H3,(H3,13,14,15). The van der Waals surface area contributed by atoms with Crippen molar-refractivity contribution in [1.82, 2.24) is 5.32 Å². The fourth-order valence-electron chi connectivity index (χ4n) is 2.09. The van der Waals surface area contributed by atoms with Crippen molar-refractivity contribution in [2.75, 3.05) is 13.1 Å². The van der Waals surface area contributed by atoms with Crippen LogP contribution in [0.1, 0.15) is 32.6 Å². The van der Waals surface area contributed by atoms with Gasteiger partial charge in [0.15, 0.2) is 5.96 Å². The second-order valence-corrected chi connectivity index (χ2v) is 5.15. The van der Waals surface area contributed by atoms with Crippen LogP contribution in [0.2, 0.25) is 0 Å². The molecule has 2 aliphatic rings. The minimum Gasteiger partial charge on any atom is -0.370 e. The van der Waals surface area contributed by atoms with Crippen LogP contribution in [-0.4, -0.2) is 19.0 Å². The van der Waals surface area contributed by atoms with E-state index in [9.17, 15) is 0 Å². The monoisotopic (exact) mass is 207 g/mol. The number of nitrogens with two attached hydrogens (primary N) is 1. The van der Waals surface area contributed by atoms with Crippen LogP contribution in [-0.2, 0) is 0 Å². The molecule has 0 bridgehead atoms. The Hall–Kier alpha value is -0.990. The molecule has 0 spiro atoms. The maximum atomic E-state index is 5.78. The molecule has 3 heteroatoms. The quantitative estimate of drug-likeness (QED) is 0.409. The summed E-state index contributed by atoms with van der Waals surface area (Å²) >= 11 is 0. The summed E-state index contributed by atoms with van der Waals surface area (Å²) in [6.45, 7) is 7.44. The van der Waals surface area contributed by atoms with Crippen LogP contribution in [0.4, 0.5) is 0 Å². The maximum absolute atomic E-state index is 5.78. The third kappa shape index (κ3) is 2.74. The maximum Gasteiger partial charge on any atom is 0.188 e. The molecule has 2 rings (SSSR count). The zero-order valence-electron chi connectivity index (χ0n) is 9.55. The SMILES string of the molecule is C=C(C)CNC(N)=NCC1(C2CC2)CC1. The Balaban J connectivity index is 1.75. The van der Waals surface area contributed by atoms with Crippen molar-refractivity contribution >= 4 is 5.96 Å². The normalized spacial score (nSPS) is 23.7. The number of aliphatic imine (C=N–C) groups is 1. The van der Waals surface area contributed by atoms with E-state index in [1.54, 1.807) is 0 Å². The lowest BCUT2D eigenvalue weighted by Crippen LogP contribution is -2.33. The Morgan fingerprint density at radius 1 is 1.53 bits per heavy atom. The van der Waals surface area contributed by atoms with Gasteiger partial charge in [0, 0.05) is 13.1 Å². The summed E-state index contributed by atoms with van der Waals surface area (Å²) in [7, 11) is 0. The number of nitrogens with one attached hydrogen (secondary N) is 1. The van der Waals surface area contributed by atoms with Crippen LogP contribution in [0, 0.1) is 11.3 Å². The summed E-state index contributed by atoms with van der Waals surface area (Å²) in [5, 5.41) is 3.07. The molecular formula is C12H21N3. The van der Waals surface area contributed by atoms with Crippen LogP contribution in [0.25, 0.3) is 0 Å². The van der Waals surface area contributed by atoms with Crippen LogP contribution < -0.4 is 11.1 Å². The van der Waals surface area contributed by atoms with E-state index in [-0.39, 0.29) is 0 Å². The van der Waals surface area contributed by atoms with Gasteiger partial charge >= 0.3 is 0 Å². The van der Waals surface area contributed by atoms with E-state index in [0.717, 1.165) is 24.6 Å². The van der Waals surface area contributed by atoms with E-state index >= 15 is 0 Å². The summed E-state index contributed by atoms with van der Waals surface area (Å²) in [4.78, 5) is 4.43. The highest BCUT2D eigenvalue weighted by Gasteiger charge is 2.53. The molecule has 2 saturated carbocycles. The van der Waals surface area contributed by atoms with Crippen LogP contribution in [0.15, 0.2) is 17.1 Å². The van der Waals surface area contributed by atoms with Gasteiger partial charge in [0.25, 0.3) is 0 Å². The third-order valence-corrected chi connectivity index (χ3v) is 3.47. The second kappa shape index (κ2) is 3.87. The molecule has 3 N–H and O–H groups in total. The van der Waals surface area contributed by atoms with Gasteiger partial charge in [-0.25, -0.2) is 0 Å². The van der Waals surface area contributed by atoms with E-state index in [1.165, 1.54) is 25.7 Å². The van der Waals surface area contributed by atoms with Gasteiger partial charge in [-0.1, -0.05) is 12.2 Å². The lowest BCUT2D eigenvalue weighted by atomic mass is 10.0. The van der Waals surface area contributed by atoms with Gasteiger partial charge in [0.05, 0.1) is 0 Å². The van der Waals surface area contributed by atoms with Gasteiger partial charge in [-0.15, -0.1) is 0 Å². The lowest BCUT2D eigenvalue weighted by Gasteiger charge is -2.11. The molecule has 2 fully saturated rings. The van der Waals surface area contributed by atoms with Crippen molar-refractivity contribution < 1.29 is 0 Å². The fraction of sp³-hybridized carbons (Fsp3) is 0.750. The Morgan fingerprint density at radius 2 is 2.20 bits per heavy atom. The van der Waals surface area contributed by atoms with Crippen molar-refractivity contribution in [3.8, 4) is 0 Å². The first kappa shape index (κ1) is 10.5. The molecule has 0 unspecified atom stereocenters. The third-order valence-electron chi connectivity index (χ3n) is 3.47. The molecule has 84 valence electrons. The van der Waals surface area contributed by atoms with E-state index in [1.807, 2.05) is 6.92 Å². The predicted octanol–water partition coefficient (Wildman–Crippen LogP) is 1.66. The van der Waals surface area contributed by atoms with Gasteiger partial charge in [-0.3, -0.25) is 4.99 Å². The molecular weight excluding hydrogens is 186 g/mol. The van der Waals surface area contributed by atoms with Crippen molar-refractivity contribution in [3.63, 3.8) is 0 Å². The Kier molecular flexibility index (Phi) is 2.72. The number of guanidine groups is 1. The smallest absolute Gasteiger partial charge is 0.188 e. The van der Waals surface area contributed by atoms with Gasteiger partial charge in [0.2, 0.25) is 0 Å².